The minimum Gasteiger partial charge on any atom is -0.308 e. The number of benzene rings is 1. The van der Waals surface area contributed by atoms with Gasteiger partial charge in [0.1, 0.15) is 0 Å². The molecule has 0 aliphatic carbocycles. The molecule has 0 aliphatic rings. The highest BCUT2D eigenvalue weighted by molar-refractivity contribution is 5.34. The fourth-order valence-electron chi connectivity index (χ4n) is 1.76. The van der Waals surface area contributed by atoms with Gasteiger partial charge in [-0.25, -0.2) is 0 Å². The van der Waals surface area contributed by atoms with Gasteiger partial charge in [0.15, 0.2) is 0 Å². The topological polar surface area (TPSA) is 24.1 Å². The summed E-state index contributed by atoms with van der Waals surface area (Å²) in [7, 11) is 1.95. The van der Waals surface area contributed by atoms with E-state index in [1.807, 2.05) is 7.05 Å². The van der Waals surface area contributed by atoms with Gasteiger partial charge in [-0.1, -0.05) is 32.0 Å². The zero-order valence-electron chi connectivity index (χ0n) is 11.1. The van der Waals surface area contributed by atoms with E-state index in [4.69, 9.17) is 0 Å². The average molecular weight is 220 g/mol. The highest BCUT2D eigenvalue weighted by Gasteiger charge is 2.20. The molecule has 90 valence electrons. The lowest BCUT2D eigenvalue weighted by Crippen LogP contribution is -2.37. The number of nitrogens with one attached hydrogen (secondary N) is 2. The Morgan fingerprint density at radius 1 is 1.12 bits per heavy atom. The first-order valence-corrected chi connectivity index (χ1v) is 5.90. The van der Waals surface area contributed by atoms with E-state index >= 15 is 0 Å². The smallest absolute Gasteiger partial charge is 0.0452 e. The van der Waals surface area contributed by atoms with Gasteiger partial charge in [-0.05, 0) is 37.6 Å². The van der Waals surface area contributed by atoms with Crippen LogP contribution < -0.4 is 10.6 Å². The first-order valence-electron chi connectivity index (χ1n) is 5.90. The molecule has 2 nitrogen and oxygen atoms in total. The van der Waals surface area contributed by atoms with E-state index in [9.17, 15) is 0 Å². The van der Waals surface area contributed by atoms with Crippen molar-refractivity contribution in [3.8, 4) is 0 Å². The van der Waals surface area contributed by atoms with Gasteiger partial charge in [0, 0.05) is 18.6 Å². The van der Waals surface area contributed by atoms with Gasteiger partial charge in [0.2, 0.25) is 0 Å². The Bertz CT molecular complexity index is 343. The Labute approximate surface area is 99.5 Å². The average Bonchev–Trinajstić information content (AvgIpc) is 2.22. The Kier molecular flexibility index (Phi) is 4.51. The second kappa shape index (κ2) is 5.46. The third-order valence-corrected chi connectivity index (χ3v) is 3.16. The summed E-state index contributed by atoms with van der Waals surface area (Å²) in [6.45, 7) is 10.7. The van der Waals surface area contributed by atoms with Gasteiger partial charge in [-0.2, -0.15) is 0 Å². The van der Waals surface area contributed by atoms with E-state index in [1.165, 1.54) is 16.7 Å². The Morgan fingerprint density at radius 3 is 2.38 bits per heavy atom. The fourth-order valence-corrected chi connectivity index (χ4v) is 1.76. The van der Waals surface area contributed by atoms with Crippen molar-refractivity contribution in [1.29, 1.82) is 0 Å². The summed E-state index contributed by atoms with van der Waals surface area (Å²) in [6.07, 6.45) is 0. The van der Waals surface area contributed by atoms with Crippen LogP contribution in [0.3, 0.4) is 0 Å². The molecule has 0 amide bonds. The lowest BCUT2D eigenvalue weighted by Gasteiger charge is -2.26. The van der Waals surface area contributed by atoms with Crippen LogP contribution in [0.25, 0.3) is 0 Å². The number of hydrogen-bond donors (Lipinski definition) is 2. The maximum absolute atomic E-state index is 3.40. The first kappa shape index (κ1) is 13.2. The molecule has 1 aromatic rings. The summed E-state index contributed by atoms with van der Waals surface area (Å²) in [5, 5.41) is 6.50. The number of hydrogen-bond acceptors (Lipinski definition) is 2. The fraction of sp³-hybridized carbons (Fsp3) is 0.571. The Morgan fingerprint density at radius 2 is 1.81 bits per heavy atom. The SMILES string of the molecule is CNCNCC(C)(C)c1ccc(C)c(C)c1. The van der Waals surface area contributed by atoms with Crippen molar-refractivity contribution in [3.05, 3.63) is 34.9 Å². The zero-order chi connectivity index (χ0) is 12.2. The summed E-state index contributed by atoms with van der Waals surface area (Å²) in [5.74, 6) is 0. The quantitative estimate of drug-likeness (QED) is 0.588. The maximum Gasteiger partial charge on any atom is 0.0452 e. The van der Waals surface area contributed by atoms with Gasteiger partial charge >= 0.3 is 0 Å². The Hall–Kier alpha value is -0.860. The first-order chi connectivity index (χ1) is 7.47. The summed E-state index contributed by atoms with van der Waals surface area (Å²) in [6, 6.07) is 6.75. The number of rotatable bonds is 5. The van der Waals surface area contributed by atoms with Crippen molar-refractivity contribution in [2.75, 3.05) is 20.3 Å². The highest BCUT2D eigenvalue weighted by atomic mass is 15.0. The van der Waals surface area contributed by atoms with Crippen LogP contribution in [-0.4, -0.2) is 20.3 Å². The zero-order valence-corrected chi connectivity index (χ0v) is 11.1. The van der Waals surface area contributed by atoms with E-state index in [-0.39, 0.29) is 5.41 Å². The molecule has 0 atom stereocenters. The second-order valence-electron chi connectivity index (χ2n) is 5.14. The lowest BCUT2D eigenvalue weighted by atomic mass is 9.83. The van der Waals surface area contributed by atoms with E-state index in [1.54, 1.807) is 0 Å². The van der Waals surface area contributed by atoms with Crippen LogP contribution in [0, 0.1) is 13.8 Å². The van der Waals surface area contributed by atoms with Crippen molar-refractivity contribution in [2.24, 2.45) is 0 Å². The third kappa shape index (κ3) is 3.32. The van der Waals surface area contributed by atoms with E-state index < -0.39 is 0 Å². The Balaban J connectivity index is 2.76. The molecule has 1 aromatic carbocycles. The van der Waals surface area contributed by atoms with Gasteiger partial charge in [0.25, 0.3) is 0 Å². The van der Waals surface area contributed by atoms with Gasteiger partial charge in [-0.15, -0.1) is 0 Å². The molecular weight excluding hydrogens is 196 g/mol. The molecule has 0 aromatic heterocycles. The van der Waals surface area contributed by atoms with Crippen LogP contribution in [0.5, 0.6) is 0 Å². The van der Waals surface area contributed by atoms with E-state index in [2.05, 4.69) is 56.5 Å². The molecule has 0 spiro atoms. The molecular formula is C14H24N2. The molecule has 0 heterocycles. The van der Waals surface area contributed by atoms with Crippen LogP contribution in [0.15, 0.2) is 18.2 Å². The van der Waals surface area contributed by atoms with Crippen molar-refractivity contribution < 1.29 is 0 Å². The summed E-state index contributed by atoms with van der Waals surface area (Å²) in [4.78, 5) is 0. The monoisotopic (exact) mass is 220 g/mol. The largest absolute Gasteiger partial charge is 0.308 e. The van der Waals surface area contributed by atoms with Crippen LogP contribution in [0.1, 0.15) is 30.5 Å². The minimum atomic E-state index is 0.176. The standard InChI is InChI=1S/C14H24N2/c1-11-6-7-13(8-12(11)2)14(3,4)9-16-10-15-5/h6-8,15-16H,9-10H2,1-5H3. The summed E-state index contributed by atoms with van der Waals surface area (Å²) in [5.41, 5.74) is 4.32. The third-order valence-electron chi connectivity index (χ3n) is 3.16. The normalized spacial score (nSPS) is 11.8. The molecule has 2 N–H and O–H groups in total. The molecule has 0 bridgehead atoms. The molecule has 0 unspecified atom stereocenters. The molecule has 2 heteroatoms. The van der Waals surface area contributed by atoms with Crippen LogP contribution in [0.2, 0.25) is 0 Å². The molecule has 16 heavy (non-hydrogen) atoms. The predicted molar refractivity (Wildman–Crippen MR) is 70.9 cm³/mol. The molecule has 0 radical (unpaired) electrons. The van der Waals surface area contributed by atoms with Crippen LogP contribution >= 0.6 is 0 Å². The lowest BCUT2D eigenvalue weighted by molar-refractivity contribution is 0.460. The van der Waals surface area contributed by atoms with Crippen molar-refractivity contribution in [2.45, 2.75) is 33.1 Å². The van der Waals surface area contributed by atoms with Crippen molar-refractivity contribution in [1.82, 2.24) is 10.6 Å². The molecule has 0 saturated carbocycles. The van der Waals surface area contributed by atoms with Crippen LogP contribution in [-0.2, 0) is 5.41 Å². The van der Waals surface area contributed by atoms with Gasteiger partial charge in [0.05, 0.1) is 0 Å². The highest BCUT2D eigenvalue weighted by Crippen LogP contribution is 2.24. The summed E-state index contributed by atoms with van der Waals surface area (Å²) < 4.78 is 0. The van der Waals surface area contributed by atoms with E-state index in [0.29, 0.717) is 0 Å². The second-order valence-corrected chi connectivity index (χ2v) is 5.14. The molecule has 1 rings (SSSR count). The maximum atomic E-state index is 3.40. The minimum absolute atomic E-state index is 0.176. The molecule has 0 aliphatic heterocycles. The van der Waals surface area contributed by atoms with Crippen molar-refractivity contribution in [3.63, 3.8) is 0 Å². The van der Waals surface area contributed by atoms with Crippen LogP contribution in [0.4, 0.5) is 0 Å². The predicted octanol–water partition coefficient (Wildman–Crippen LogP) is 2.35. The van der Waals surface area contributed by atoms with E-state index in [0.717, 1.165) is 13.2 Å². The number of aryl methyl sites for hydroxylation is 2. The summed E-state index contributed by atoms with van der Waals surface area (Å²) >= 11 is 0. The molecule has 0 saturated heterocycles. The van der Waals surface area contributed by atoms with Gasteiger partial charge < -0.3 is 10.6 Å². The van der Waals surface area contributed by atoms with Crippen molar-refractivity contribution >= 4 is 0 Å². The molecule has 0 fully saturated rings. The van der Waals surface area contributed by atoms with Gasteiger partial charge in [-0.3, -0.25) is 0 Å².